The Bertz CT molecular complexity index is 1420. The fourth-order valence-electron chi connectivity index (χ4n) is 3.50. The summed E-state index contributed by atoms with van der Waals surface area (Å²) in [4.78, 5) is 26.6. The van der Waals surface area contributed by atoms with Gasteiger partial charge in [0.1, 0.15) is 12.4 Å². The molecular weight excluding hydrogens is 618 g/mol. The van der Waals surface area contributed by atoms with E-state index in [9.17, 15) is 19.2 Å². The third-order valence-corrected chi connectivity index (χ3v) is 7.37. The number of nitrogens with zero attached hydrogens (tertiary/aromatic N) is 2. The second-order valence-corrected chi connectivity index (χ2v) is 10.1. The summed E-state index contributed by atoms with van der Waals surface area (Å²) in [6.07, 6.45) is 1.58. The summed E-state index contributed by atoms with van der Waals surface area (Å²) in [7, 11) is 1.50. The standard InChI is InChI=1S/C26H17ClFIN2O4S/c1-34-22-10-15(9-21(29)24(22)35-14-17-6-3-2-5-16(17)12-30)11-23-25(32)31(26(33)36-23)13-18-19(27)7-4-8-20(18)28/h2-11H,13-14H2,1H3/b23-11+. The van der Waals surface area contributed by atoms with Gasteiger partial charge in [0, 0.05) is 16.1 Å². The number of imide groups is 1. The predicted octanol–water partition coefficient (Wildman–Crippen LogP) is 6.78. The summed E-state index contributed by atoms with van der Waals surface area (Å²) in [6, 6.07) is 17.0. The number of hydrogen-bond acceptors (Lipinski definition) is 6. The topological polar surface area (TPSA) is 79.6 Å². The van der Waals surface area contributed by atoms with Crippen molar-refractivity contribution >= 4 is 63.2 Å². The molecule has 3 aromatic rings. The Morgan fingerprint density at radius 1 is 1.19 bits per heavy atom. The lowest BCUT2D eigenvalue weighted by molar-refractivity contribution is -0.123. The molecule has 36 heavy (non-hydrogen) atoms. The van der Waals surface area contributed by atoms with Gasteiger partial charge in [0.05, 0.1) is 33.8 Å². The maximum atomic E-state index is 14.2. The molecule has 0 atom stereocenters. The molecule has 182 valence electrons. The Labute approximate surface area is 229 Å². The molecule has 0 N–H and O–H groups in total. The third-order valence-electron chi connectivity index (χ3n) is 5.31. The van der Waals surface area contributed by atoms with Crippen LogP contribution >= 0.6 is 46.0 Å². The molecule has 4 rings (SSSR count). The van der Waals surface area contributed by atoms with Gasteiger partial charge in [0.2, 0.25) is 0 Å². The highest BCUT2D eigenvalue weighted by Gasteiger charge is 2.36. The van der Waals surface area contributed by atoms with Crippen LogP contribution in [-0.2, 0) is 17.9 Å². The van der Waals surface area contributed by atoms with Crippen molar-refractivity contribution in [2.75, 3.05) is 7.11 Å². The van der Waals surface area contributed by atoms with Crippen LogP contribution in [0.5, 0.6) is 11.5 Å². The molecule has 3 aromatic carbocycles. The minimum atomic E-state index is -0.585. The van der Waals surface area contributed by atoms with E-state index in [0.29, 0.717) is 26.2 Å². The Kier molecular flexibility index (Phi) is 8.18. The summed E-state index contributed by atoms with van der Waals surface area (Å²) >= 11 is 8.93. The van der Waals surface area contributed by atoms with E-state index in [0.717, 1.165) is 22.2 Å². The van der Waals surface area contributed by atoms with Gasteiger partial charge in [-0.05, 0) is 76.3 Å². The minimum Gasteiger partial charge on any atom is -0.493 e. The van der Waals surface area contributed by atoms with Crippen molar-refractivity contribution in [2.24, 2.45) is 0 Å². The van der Waals surface area contributed by atoms with Crippen LogP contribution < -0.4 is 9.47 Å². The normalized spacial score (nSPS) is 14.3. The number of halogens is 3. The van der Waals surface area contributed by atoms with Gasteiger partial charge in [-0.15, -0.1) is 0 Å². The van der Waals surface area contributed by atoms with Gasteiger partial charge in [-0.1, -0.05) is 35.9 Å². The molecule has 6 nitrogen and oxygen atoms in total. The van der Waals surface area contributed by atoms with Gasteiger partial charge >= 0.3 is 0 Å². The number of thioether (sulfide) groups is 1. The lowest BCUT2D eigenvalue weighted by Crippen LogP contribution is -2.28. The van der Waals surface area contributed by atoms with Crippen LogP contribution in [0.1, 0.15) is 22.3 Å². The van der Waals surface area contributed by atoms with E-state index in [1.54, 1.807) is 30.3 Å². The van der Waals surface area contributed by atoms with Crippen LogP contribution in [-0.4, -0.2) is 23.2 Å². The van der Waals surface area contributed by atoms with Crippen molar-refractivity contribution in [1.29, 1.82) is 5.26 Å². The highest BCUT2D eigenvalue weighted by molar-refractivity contribution is 14.1. The fraction of sp³-hybridized carbons (Fsp3) is 0.115. The van der Waals surface area contributed by atoms with Gasteiger partial charge in [-0.2, -0.15) is 5.26 Å². The molecule has 0 aliphatic carbocycles. The first-order valence-corrected chi connectivity index (χ1v) is 12.8. The maximum Gasteiger partial charge on any atom is 0.293 e. The predicted molar refractivity (Wildman–Crippen MR) is 144 cm³/mol. The van der Waals surface area contributed by atoms with E-state index < -0.39 is 17.0 Å². The summed E-state index contributed by atoms with van der Waals surface area (Å²) in [5.74, 6) is -0.199. The van der Waals surface area contributed by atoms with Crippen molar-refractivity contribution in [3.8, 4) is 17.6 Å². The molecule has 0 unspecified atom stereocenters. The Hall–Kier alpha value is -3.07. The SMILES string of the molecule is COc1cc(/C=C2/SC(=O)N(Cc3c(F)cccc3Cl)C2=O)cc(I)c1OCc1ccccc1C#N. The summed E-state index contributed by atoms with van der Waals surface area (Å²) < 4.78 is 26.4. The van der Waals surface area contributed by atoms with Crippen molar-refractivity contribution in [3.63, 3.8) is 0 Å². The van der Waals surface area contributed by atoms with E-state index in [1.807, 2.05) is 12.1 Å². The van der Waals surface area contributed by atoms with Crippen LogP contribution in [0.3, 0.4) is 0 Å². The molecular formula is C26H17ClFIN2O4S. The zero-order chi connectivity index (χ0) is 25.8. The molecule has 1 saturated heterocycles. The van der Waals surface area contributed by atoms with Crippen molar-refractivity contribution in [1.82, 2.24) is 4.90 Å². The molecule has 0 saturated carbocycles. The highest BCUT2D eigenvalue weighted by atomic mass is 127. The monoisotopic (exact) mass is 634 g/mol. The van der Waals surface area contributed by atoms with E-state index >= 15 is 0 Å². The molecule has 1 heterocycles. The first-order valence-electron chi connectivity index (χ1n) is 10.5. The number of amides is 2. The van der Waals surface area contributed by atoms with Gasteiger partial charge in [0.25, 0.3) is 11.1 Å². The van der Waals surface area contributed by atoms with Gasteiger partial charge < -0.3 is 9.47 Å². The minimum absolute atomic E-state index is 0.0819. The molecule has 2 amide bonds. The number of carbonyl (C=O) groups is 2. The van der Waals surface area contributed by atoms with Crippen LogP contribution in [0.2, 0.25) is 5.02 Å². The summed E-state index contributed by atoms with van der Waals surface area (Å²) in [5, 5.41) is 8.92. The van der Waals surface area contributed by atoms with Crippen molar-refractivity contribution < 1.29 is 23.5 Å². The average molecular weight is 635 g/mol. The lowest BCUT2D eigenvalue weighted by Gasteiger charge is -2.15. The number of methoxy groups -OCH3 is 1. The fourth-order valence-corrected chi connectivity index (χ4v) is 5.34. The zero-order valence-electron chi connectivity index (χ0n) is 18.8. The van der Waals surface area contributed by atoms with Crippen LogP contribution in [0.15, 0.2) is 59.5 Å². The molecule has 1 fully saturated rings. The largest absolute Gasteiger partial charge is 0.493 e. The number of rotatable bonds is 7. The highest BCUT2D eigenvalue weighted by Crippen LogP contribution is 2.38. The maximum absolute atomic E-state index is 14.2. The van der Waals surface area contributed by atoms with E-state index in [2.05, 4.69) is 28.7 Å². The van der Waals surface area contributed by atoms with E-state index in [-0.39, 0.29) is 28.6 Å². The Balaban J connectivity index is 1.56. The summed E-state index contributed by atoms with van der Waals surface area (Å²) in [6.45, 7) is -0.0851. The van der Waals surface area contributed by atoms with Gasteiger partial charge in [-0.25, -0.2) is 4.39 Å². The number of benzene rings is 3. The average Bonchev–Trinajstić information content (AvgIpc) is 3.12. The van der Waals surface area contributed by atoms with E-state index in [1.165, 1.54) is 25.3 Å². The molecule has 1 aliphatic heterocycles. The first-order chi connectivity index (χ1) is 17.3. The lowest BCUT2D eigenvalue weighted by atomic mass is 10.1. The molecule has 1 aliphatic rings. The quantitative estimate of drug-likeness (QED) is 0.211. The zero-order valence-corrected chi connectivity index (χ0v) is 22.5. The third kappa shape index (κ3) is 5.51. The molecule has 0 radical (unpaired) electrons. The first kappa shape index (κ1) is 26.0. The van der Waals surface area contributed by atoms with Crippen molar-refractivity contribution in [2.45, 2.75) is 13.2 Å². The Morgan fingerprint density at radius 3 is 2.69 bits per heavy atom. The number of hydrogen-bond donors (Lipinski definition) is 0. The molecule has 10 heteroatoms. The number of nitriles is 1. The van der Waals surface area contributed by atoms with Crippen LogP contribution in [0.25, 0.3) is 6.08 Å². The van der Waals surface area contributed by atoms with Crippen molar-refractivity contribution in [3.05, 3.63) is 96.2 Å². The van der Waals surface area contributed by atoms with Crippen LogP contribution in [0.4, 0.5) is 9.18 Å². The Morgan fingerprint density at radius 2 is 1.97 bits per heavy atom. The van der Waals surface area contributed by atoms with E-state index in [4.69, 9.17) is 21.1 Å². The second kappa shape index (κ2) is 11.3. The smallest absolute Gasteiger partial charge is 0.293 e. The summed E-state index contributed by atoms with van der Waals surface area (Å²) in [5.41, 5.74) is 1.97. The van der Waals surface area contributed by atoms with Gasteiger partial charge in [0.15, 0.2) is 11.5 Å². The van der Waals surface area contributed by atoms with Crippen LogP contribution in [0, 0.1) is 20.7 Å². The number of carbonyl (C=O) groups excluding carboxylic acids is 2. The molecule has 0 aromatic heterocycles. The second-order valence-electron chi connectivity index (χ2n) is 7.56. The van der Waals surface area contributed by atoms with Gasteiger partial charge in [-0.3, -0.25) is 14.5 Å². The molecule has 0 spiro atoms. The number of ether oxygens (including phenoxy) is 2. The molecule has 0 bridgehead atoms.